The van der Waals surface area contributed by atoms with Crippen LogP contribution in [0.3, 0.4) is 0 Å². The van der Waals surface area contributed by atoms with Gasteiger partial charge in [0, 0.05) is 43.5 Å². The first-order valence-corrected chi connectivity index (χ1v) is 13.3. The maximum absolute atomic E-state index is 12.8. The number of H-pyrrole nitrogens is 1. The van der Waals surface area contributed by atoms with Crippen molar-refractivity contribution in [3.63, 3.8) is 0 Å². The summed E-state index contributed by atoms with van der Waals surface area (Å²) in [6.07, 6.45) is 6.60. The van der Waals surface area contributed by atoms with E-state index in [1.165, 1.54) is 24.5 Å². The summed E-state index contributed by atoms with van der Waals surface area (Å²) in [7, 11) is 2.54. The van der Waals surface area contributed by atoms with Crippen LogP contribution in [0.4, 0.5) is 0 Å². The molecule has 2 aromatic heterocycles. The molecule has 0 unspecified atom stereocenters. The summed E-state index contributed by atoms with van der Waals surface area (Å²) in [6, 6.07) is 13.8. The van der Waals surface area contributed by atoms with E-state index < -0.39 is 10.0 Å². The van der Waals surface area contributed by atoms with E-state index in [2.05, 4.69) is 15.3 Å². The van der Waals surface area contributed by atoms with Gasteiger partial charge in [0.1, 0.15) is 5.65 Å². The number of rotatable bonds is 9. The van der Waals surface area contributed by atoms with Gasteiger partial charge >= 0.3 is 0 Å². The van der Waals surface area contributed by atoms with Crippen LogP contribution in [0, 0.1) is 0 Å². The van der Waals surface area contributed by atoms with Crippen LogP contribution in [0.15, 0.2) is 71.9 Å². The fraction of sp³-hybridized carbons (Fsp3) is 0.214. The molecule has 2 aromatic carbocycles. The zero-order valence-corrected chi connectivity index (χ0v) is 22.7. The van der Waals surface area contributed by atoms with Gasteiger partial charge in [-0.25, -0.2) is 17.7 Å². The number of carbonyl (C=O) groups is 1. The average molecular weight is 535 g/mol. The number of carbonyl (C=O) groups excluding carboxylic acids is 1. The van der Waals surface area contributed by atoms with Crippen LogP contribution in [0.5, 0.6) is 11.5 Å². The van der Waals surface area contributed by atoms with Gasteiger partial charge in [0.05, 0.1) is 25.2 Å². The van der Waals surface area contributed by atoms with E-state index in [4.69, 9.17) is 9.47 Å². The largest absolute Gasteiger partial charge is 0.493 e. The van der Waals surface area contributed by atoms with E-state index >= 15 is 0 Å². The second-order valence-electron chi connectivity index (χ2n) is 8.82. The van der Waals surface area contributed by atoms with Crippen LogP contribution < -0.4 is 14.8 Å². The van der Waals surface area contributed by atoms with Gasteiger partial charge in [0.15, 0.2) is 11.5 Å². The standard InChI is InChI=1S/C28H30N4O5S/c1-18(19-9-11-24(36-4)25(16-19)37-5)31-26(33)12-10-21-17-30-28-27(21)23(13-14-29-28)20-7-6-8-22(15-20)38(34,35)32(2)3/h6-18H,1-5H3,(H,29,30)(H,31,33)/b12-10+/t18-/m1/s1. The Bertz CT molecular complexity index is 1610. The number of amides is 1. The van der Waals surface area contributed by atoms with Crippen LogP contribution >= 0.6 is 0 Å². The second-order valence-corrected chi connectivity index (χ2v) is 11.0. The van der Waals surface area contributed by atoms with Crippen molar-refractivity contribution in [2.75, 3.05) is 28.3 Å². The summed E-state index contributed by atoms with van der Waals surface area (Å²) in [6.45, 7) is 1.88. The molecule has 0 radical (unpaired) electrons. The van der Waals surface area contributed by atoms with Crippen molar-refractivity contribution in [2.24, 2.45) is 0 Å². The van der Waals surface area contributed by atoms with E-state index in [-0.39, 0.29) is 16.8 Å². The van der Waals surface area contributed by atoms with Crippen molar-refractivity contribution in [2.45, 2.75) is 17.9 Å². The lowest BCUT2D eigenvalue weighted by Gasteiger charge is -2.15. The van der Waals surface area contributed by atoms with E-state index in [1.807, 2.05) is 31.2 Å². The highest BCUT2D eigenvalue weighted by Crippen LogP contribution is 2.33. The molecule has 2 N–H and O–H groups in total. The van der Waals surface area contributed by atoms with Gasteiger partial charge in [-0.3, -0.25) is 4.79 Å². The first kappa shape index (κ1) is 26.9. The monoisotopic (exact) mass is 534 g/mol. The van der Waals surface area contributed by atoms with Crippen molar-refractivity contribution < 1.29 is 22.7 Å². The predicted molar refractivity (Wildman–Crippen MR) is 148 cm³/mol. The van der Waals surface area contributed by atoms with Gasteiger partial charge < -0.3 is 19.8 Å². The predicted octanol–water partition coefficient (Wildman–Crippen LogP) is 4.39. The highest BCUT2D eigenvalue weighted by atomic mass is 32.2. The first-order valence-electron chi connectivity index (χ1n) is 11.8. The molecule has 0 fully saturated rings. The Morgan fingerprint density at radius 2 is 1.84 bits per heavy atom. The number of aromatic amines is 1. The maximum Gasteiger partial charge on any atom is 0.244 e. The van der Waals surface area contributed by atoms with Gasteiger partial charge in [-0.2, -0.15) is 0 Å². The molecule has 10 heteroatoms. The Morgan fingerprint density at radius 1 is 1.08 bits per heavy atom. The number of pyridine rings is 1. The normalized spacial score (nSPS) is 12.7. The summed E-state index contributed by atoms with van der Waals surface area (Å²) in [5.41, 5.74) is 3.77. The lowest BCUT2D eigenvalue weighted by molar-refractivity contribution is -0.117. The molecule has 9 nitrogen and oxygen atoms in total. The van der Waals surface area contributed by atoms with Crippen molar-refractivity contribution in [1.29, 1.82) is 0 Å². The van der Waals surface area contributed by atoms with Crippen LogP contribution in [0.1, 0.15) is 24.1 Å². The van der Waals surface area contributed by atoms with Crippen LogP contribution in [-0.2, 0) is 14.8 Å². The SMILES string of the molecule is COc1ccc([C@@H](C)NC(=O)/C=C/c2c[nH]c3nccc(-c4cccc(S(=O)(=O)N(C)C)c4)c23)cc1OC. The van der Waals surface area contributed by atoms with Gasteiger partial charge in [-0.15, -0.1) is 0 Å². The summed E-state index contributed by atoms with van der Waals surface area (Å²) >= 11 is 0. The number of aromatic nitrogens is 2. The number of benzene rings is 2. The molecule has 0 aliphatic heterocycles. The lowest BCUT2D eigenvalue weighted by Crippen LogP contribution is -2.24. The molecule has 2 heterocycles. The van der Waals surface area contributed by atoms with Crippen molar-refractivity contribution in [3.8, 4) is 22.6 Å². The smallest absolute Gasteiger partial charge is 0.244 e. The first-order chi connectivity index (χ1) is 18.1. The highest BCUT2D eigenvalue weighted by Gasteiger charge is 2.19. The third-order valence-electron chi connectivity index (χ3n) is 6.21. The number of sulfonamides is 1. The van der Waals surface area contributed by atoms with E-state index in [9.17, 15) is 13.2 Å². The summed E-state index contributed by atoms with van der Waals surface area (Å²) < 4.78 is 37.2. The summed E-state index contributed by atoms with van der Waals surface area (Å²) in [4.78, 5) is 20.5. The Morgan fingerprint density at radius 3 is 2.55 bits per heavy atom. The summed E-state index contributed by atoms with van der Waals surface area (Å²) in [5, 5.41) is 3.74. The summed E-state index contributed by atoms with van der Waals surface area (Å²) in [5.74, 6) is 0.928. The zero-order chi connectivity index (χ0) is 27.4. The molecule has 4 rings (SSSR count). The quantitative estimate of drug-likeness (QED) is 0.308. The number of ether oxygens (including phenoxy) is 2. The van der Waals surface area contributed by atoms with Crippen LogP contribution in [-0.4, -0.2) is 56.9 Å². The minimum absolute atomic E-state index is 0.195. The molecule has 0 bridgehead atoms. The molecule has 4 aromatic rings. The number of methoxy groups -OCH3 is 2. The topological polar surface area (TPSA) is 114 Å². The van der Waals surface area contributed by atoms with Crippen molar-refractivity contribution in [1.82, 2.24) is 19.6 Å². The zero-order valence-electron chi connectivity index (χ0n) is 21.8. The molecule has 1 atom stereocenters. The molecule has 0 aliphatic rings. The Balaban J connectivity index is 1.61. The molecular formula is C28H30N4O5S. The minimum Gasteiger partial charge on any atom is -0.493 e. The van der Waals surface area contributed by atoms with Gasteiger partial charge in [-0.1, -0.05) is 18.2 Å². The third-order valence-corrected chi connectivity index (χ3v) is 8.02. The number of hydrogen-bond acceptors (Lipinski definition) is 6. The molecular weight excluding hydrogens is 504 g/mol. The van der Waals surface area contributed by atoms with Gasteiger partial charge in [0.25, 0.3) is 0 Å². The van der Waals surface area contributed by atoms with E-state index in [0.29, 0.717) is 17.1 Å². The third kappa shape index (κ3) is 5.41. The minimum atomic E-state index is -3.59. The Kier molecular flexibility index (Phi) is 7.84. The Labute approximate surface area is 222 Å². The van der Waals surface area contributed by atoms with Crippen molar-refractivity contribution >= 4 is 33.0 Å². The van der Waals surface area contributed by atoms with Crippen molar-refractivity contribution in [3.05, 3.63) is 78.1 Å². The molecule has 198 valence electrons. The van der Waals surface area contributed by atoms with Gasteiger partial charge in [-0.05, 0) is 60.0 Å². The van der Waals surface area contributed by atoms with E-state index in [1.54, 1.807) is 57.0 Å². The fourth-order valence-electron chi connectivity index (χ4n) is 4.12. The average Bonchev–Trinajstić information content (AvgIpc) is 3.34. The lowest BCUT2D eigenvalue weighted by atomic mass is 10.0. The highest BCUT2D eigenvalue weighted by molar-refractivity contribution is 7.89. The molecule has 0 saturated heterocycles. The van der Waals surface area contributed by atoms with Crippen LogP contribution in [0.25, 0.3) is 28.2 Å². The second kappa shape index (κ2) is 11.1. The Hall–Kier alpha value is -4.15. The fourth-order valence-corrected chi connectivity index (χ4v) is 5.07. The molecule has 38 heavy (non-hydrogen) atoms. The molecule has 0 saturated carbocycles. The van der Waals surface area contributed by atoms with Gasteiger partial charge in [0.2, 0.25) is 15.9 Å². The van der Waals surface area contributed by atoms with Crippen LogP contribution in [0.2, 0.25) is 0 Å². The molecule has 0 aliphatic carbocycles. The maximum atomic E-state index is 12.8. The number of fused-ring (bicyclic) bond motifs is 1. The van der Waals surface area contributed by atoms with E-state index in [0.717, 1.165) is 27.6 Å². The molecule has 1 amide bonds. The number of nitrogens with one attached hydrogen (secondary N) is 2. The number of hydrogen-bond donors (Lipinski definition) is 2. The molecule has 0 spiro atoms. The number of nitrogens with zero attached hydrogens (tertiary/aromatic N) is 2.